The molecule has 1 aliphatic heterocycles. The van der Waals surface area contributed by atoms with Crippen LogP contribution in [0.25, 0.3) is 16.6 Å². The summed E-state index contributed by atoms with van der Waals surface area (Å²) in [7, 11) is 0. The lowest BCUT2D eigenvalue weighted by Crippen LogP contribution is -2.31. The van der Waals surface area contributed by atoms with E-state index in [1.54, 1.807) is 10.8 Å². The van der Waals surface area contributed by atoms with Crippen LogP contribution >= 0.6 is 0 Å². The van der Waals surface area contributed by atoms with Gasteiger partial charge in [0.25, 0.3) is 5.56 Å². The predicted octanol–water partition coefficient (Wildman–Crippen LogP) is 3.39. The number of fused-ring (bicyclic) bond motifs is 1. The van der Waals surface area contributed by atoms with Crippen molar-refractivity contribution in [1.29, 1.82) is 0 Å². The van der Waals surface area contributed by atoms with Crippen molar-refractivity contribution in [2.24, 2.45) is 0 Å². The quantitative estimate of drug-likeness (QED) is 0.721. The van der Waals surface area contributed by atoms with E-state index in [1.165, 1.54) is 24.8 Å². The predicted molar refractivity (Wildman–Crippen MR) is 101 cm³/mol. The Labute approximate surface area is 147 Å². The zero-order valence-corrected chi connectivity index (χ0v) is 14.7. The van der Waals surface area contributed by atoms with Gasteiger partial charge in [0.05, 0.1) is 16.6 Å². The van der Waals surface area contributed by atoms with Crippen molar-refractivity contribution in [3.63, 3.8) is 0 Å². The molecule has 25 heavy (non-hydrogen) atoms. The summed E-state index contributed by atoms with van der Waals surface area (Å²) in [5, 5.41) is 0.559. The number of aryl methyl sites for hydroxylation is 2. The summed E-state index contributed by atoms with van der Waals surface area (Å²) >= 11 is 0. The first-order chi connectivity index (χ1) is 12.1. The Hall–Kier alpha value is -2.69. The molecule has 0 aliphatic carbocycles. The Morgan fingerprint density at radius 2 is 1.84 bits per heavy atom. The second kappa shape index (κ2) is 6.31. The Morgan fingerprint density at radius 1 is 1.04 bits per heavy atom. The summed E-state index contributed by atoms with van der Waals surface area (Å²) in [6, 6.07) is 8.00. The first kappa shape index (κ1) is 15.8. The molecule has 4 rings (SSSR count). The van der Waals surface area contributed by atoms with Crippen LogP contribution in [-0.2, 0) is 0 Å². The minimum absolute atomic E-state index is 0.0744. The molecule has 0 bridgehead atoms. The van der Waals surface area contributed by atoms with Crippen molar-refractivity contribution in [2.75, 3.05) is 18.0 Å². The van der Waals surface area contributed by atoms with Crippen LogP contribution < -0.4 is 10.5 Å². The smallest absolute Gasteiger partial charge is 0.266 e. The lowest BCUT2D eigenvalue weighted by atomic mass is 10.1. The highest BCUT2D eigenvalue weighted by molar-refractivity contribution is 5.78. The first-order valence-electron chi connectivity index (χ1n) is 8.84. The van der Waals surface area contributed by atoms with E-state index in [-0.39, 0.29) is 5.56 Å². The molecule has 0 saturated carbocycles. The number of piperidine rings is 1. The highest BCUT2D eigenvalue weighted by Crippen LogP contribution is 2.19. The lowest BCUT2D eigenvalue weighted by Gasteiger charge is -2.26. The second-order valence-electron chi connectivity index (χ2n) is 6.80. The van der Waals surface area contributed by atoms with Crippen LogP contribution in [-0.4, -0.2) is 27.6 Å². The van der Waals surface area contributed by atoms with Crippen LogP contribution in [0.2, 0.25) is 0 Å². The van der Waals surface area contributed by atoms with Gasteiger partial charge in [-0.05, 0) is 50.8 Å². The molecule has 0 N–H and O–H groups in total. The Balaban J connectivity index is 1.79. The summed E-state index contributed by atoms with van der Waals surface area (Å²) in [5.74, 6) is 0.732. The van der Waals surface area contributed by atoms with Gasteiger partial charge in [0.2, 0.25) is 5.95 Å². The van der Waals surface area contributed by atoms with Gasteiger partial charge >= 0.3 is 0 Å². The minimum atomic E-state index is -0.0744. The molecule has 2 aromatic heterocycles. The average Bonchev–Trinajstić information content (AvgIpc) is 2.63. The number of anilines is 1. The number of aromatic nitrogens is 3. The monoisotopic (exact) mass is 334 g/mol. The maximum atomic E-state index is 12.9. The van der Waals surface area contributed by atoms with Crippen molar-refractivity contribution in [3.8, 4) is 5.69 Å². The standard InChI is InChI=1S/C20H22N4O/c1-14-6-7-18(15(2)12-14)24-11-8-17-16(19(24)25)13-21-20(22-17)23-9-4-3-5-10-23/h6-8,11-13H,3-5,9-10H2,1-2H3. The zero-order chi connectivity index (χ0) is 17.4. The van der Waals surface area contributed by atoms with E-state index in [2.05, 4.69) is 27.9 Å². The molecule has 0 radical (unpaired) electrons. The van der Waals surface area contributed by atoms with E-state index in [0.717, 1.165) is 30.3 Å². The number of hydrogen-bond donors (Lipinski definition) is 0. The molecule has 1 aliphatic rings. The van der Waals surface area contributed by atoms with Crippen LogP contribution in [0.15, 0.2) is 41.5 Å². The van der Waals surface area contributed by atoms with Crippen LogP contribution in [0, 0.1) is 13.8 Å². The van der Waals surface area contributed by atoms with E-state index in [9.17, 15) is 4.79 Å². The molecule has 1 saturated heterocycles. The fourth-order valence-electron chi connectivity index (χ4n) is 3.53. The number of pyridine rings is 1. The molecule has 1 fully saturated rings. The van der Waals surface area contributed by atoms with Crippen LogP contribution in [0.1, 0.15) is 30.4 Å². The maximum absolute atomic E-state index is 12.9. The number of hydrogen-bond acceptors (Lipinski definition) is 4. The third kappa shape index (κ3) is 2.90. The SMILES string of the molecule is Cc1ccc(-n2ccc3nc(N4CCCCC4)ncc3c2=O)c(C)c1. The normalized spacial score (nSPS) is 14.9. The van der Waals surface area contributed by atoms with Gasteiger partial charge in [-0.3, -0.25) is 9.36 Å². The third-order valence-corrected chi connectivity index (χ3v) is 4.89. The first-order valence-corrected chi connectivity index (χ1v) is 8.84. The van der Waals surface area contributed by atoms with Crippen molar-refractivity contribution >= 4 is 16.9 Å². The van der Waals surface area contributed by atoms with Gasteiger partial charge < -0.3 is 4.90 Å². The van der Waals surface area contributed by atoms with Crippen molar-refractivity contribution < 1.29 is 0 Å². The molecule has 5 nitrogen and oxygen atoms in total. The highest BCUT2D eigenvalue weighted by Gasteiger charge is 2.15. The molecule has 3 aromatic rings. The molecule has 128 valence electrons. The van der Waals surface area contributed by atoms with E-state index in [0.29, 0.717) is 10.9 Å². The van der Waals surface area contributed by atoms with Gasteiger partial charge in [0.1, 0.15) is 0 Å². The molecule has 0 amide bonds. The molecule has 0 atom stereocenters. The fraction of sp³-hybridized carbons (Fsp3) is 0.350. The van der Waals surface area contributed by atoms with Crippen LogP contribution in [0.5, 0.6) is 0 Å². The van der Waals surface area contributed by atoms with Gasteiger partial charge in [0.15, 0.2) is 0 Å². The summed E-state index contributed by atoms with van der Waals surface area (Å²) in [5.41, 5.74) is 3.80. The number of rotatable bonds is 2. The fourth-order valence-corrected chi connectivity index (χ4v) is 3.53. The summed E-state index contributed by atoms with van der Waals surface area (Å²) in [6.07, 6.45) is 7.11. The molecule has 5 heteroatoms. The molecular formula is C20H22N4O. The number of benzene rings is 1. The van der Waals surface area contributed by atoms with E-state index >= 15 is 0 Å². The van der Waals surface area contributed by atoms with Crippen molar-refractivity contribution in [1.82, 2.24) is 14.5 Å². The van der Waals surface area contributed by atoms with E-state index in [1.807, 2.05) is 31.3 Å². The van der Waals surface area contributed by atoms with Gasteiger partial charge in [0, 0.05) is 25.5 Å². The third-order valence-electron chi connectivity index (χ3n) is 4.89. The Kier molecular flexibility index (Phi) is 3.99. The molecule has 1 aromatic carbocycles. The second-order valence-corrected chi connectivity index (χ2v) is 6.80. The largest absolute Gasteiger partial charge is 0.341 e. The topological polar surface area (TPSA) is 51.0 Å². The molecular weight excluding hydrogens is 312 g/mol. The van der Waals surface area contributed by atoms with E-state index < -0.39 is 0 Å². The Bertz CT molecular complexity index is 987. The number of nitrogens with zero attached hydrogens (tertiary/aromatic N) is 4. The van der Waals surface area contributed by atoms with Gasteiger partial charge in [-0.1, -0.05) is 17.7 Å². The van der Waals surface area contributed by atoms with Gasteiger partial charge in [-0.25, -0.2) is 9.97 Å². The van der Waals surface area contributed by atoms with Crippen molar-refractivity contribution in [3.05, 3.63) is 58.1 Å². The molecule has 3 heterocycles. The average molecular weight is 334 g/mol. The molecule has 0 unspecified atom stereocenters. The van der Waals surface area contributed by atoms with E-state index in [4.69, 9.17) is 0 Å². The Morgan fingerprint density at radius 3 is 2.60 bits per heavy atom. The highest BCUT2D eigenvalue weighted by atomic mass is 16.1. The van der Waals surface area contributed by atoms with Gasteiger partial charge in [-0.2, -0.15) is 0 Å². The summed E-state index contributed by atoms with van der Waals surface area (Å²) in [6.45, 7) is 6.06. The summed E-state index contributed by atoms with van der Waals surface area (Å²) in [4.78, 5) is 24.2. The zero-order valence-electron chi connectivity index (χ0n) is 14.7. The maximum Gasteiger partial charge on any atom is 0.266 e. The minimum Gasteiger partial charge on any atom is -0.341 e. The lowest BCUT2D eigenvalue weighted by molar-refractivity contribution is 0.569. The molecule has 0 spiro atoms. The summed E-state index contributed by atoms with van der Waals surface area (Å²) < 4.78 is 1.68. The van der Waals surface area contributed by atoms with Crippen LogP contribution in [0.3, 0.4) is 0 Å². The van der Waals surface area contributed by atoms with Crippen molar-refractivity contribution in [2.45, 2.75) is 33.1 Å². The van der Waals surface area contributed by atoms with Crippen LogP contribution in [0.4, 0.5) is 5.95 Å². The van der Waals surface area contributed by atoms with Gasteiger partial charge in [-0.15, -0.1) is 0 Å².